The molecule has 0 bridgehead atoms. The predicted molar refractivity (Wildman–Crippen MR) is 108 cm³/mol. The van der Waals surface area contributed by atoms with Crippen molar-refractivity contribution < 1.29 is 9.18 Å². The van der Waals surface area contributed by atoms with E-state index in [4.69, 9.17) is 11.6 Å². The average Bonchev–Trinajstić information content (AvgIpc) is 3.05. The molecule has 0 saturated heterocycles. The Morgan fingerprint density at radius 3 is 2.74 bits per heavy atom. The zero-order chi connectivity index (χ0) is 19.6. The van der Waals surface area contributed by atoms with Crippen molar-refractivity contribution in [3.63, 3.8) is 0 Å². The van der Waals surface area contributed by atoms with Gasteiger partial charge in [0.2, 0.25) is 5.91 Å². The fourth-order valence-corrected chi connectivity index (χ4v) is 3.76. The van der Waals surface area contributed by atoms with Crippen molar-refractivity contribution in [3.05, 3.63) is 70.8 Å². The molecule has 140 valence electrons. The molecule has 0 aliphatic heterocycles. The molecule has 0 spiro atoms. The molecule has 3 rings (SSSR count). The largest absolute Gasteiger partial charge is 0.324 e. The first-order valence-electron chi connectivity index (χ1n) is 8.38. The van der Waals surface area contributed by atoms with E-state index in [0.29, 0.717) is 5.69 Å². The van der Waals surface area contributed by atoms with Crippen LogP contribution in [0.15, 0.2) is 53.9 Å². The molecule has 1 aromatic heterocycles. The highest BCUT2D eigenvalue weighted by Gasteiger charge is 2.19. The number of aromatic nitrogens is 2. The van der Waals surface area contributed by atoms with Gasteiger partial charge in [0, 0.05) is 12.4 Å². The van der Waals surface area contributed by atoms with Gasteiger partial charge in [0.05, 0.1) is 21.6 Å². The van der Waals surface area contributed by atoms with E-state index in [-0.39, 0.29) is 10.9 Å². The summed E-state index contributed by atoms with van der Waals surface area (Å²) in [7, 11) is 0. The molecule has 3 aromatic rings. The molecule has 27 heavy (non-hydrogen) atoms. The van der Waals surface area contributed by atoms with Crippen molar-refractivity contribution in [2.75, 3.05) is 5.32 Å². The average molecular weight is 404 g/mol. The quantitative estimate of drug-likeness (QED) is 0.580. The number of aryl methyl sites for hydroxylation is 2. The minimum absolute atomic E-state index is 0.164. The van der Waals surface area contributed by atoms with Crippen LogP contribution in [0.3, 0.4) is 0 Å². The lowest BCUT2D eigenvalue weighted by atomic mass is 10.1. The molecule has 7 heteroatoms. The van der Waals surface area contributed by atoms with E-state index < -0.39 is 11.1 Å². The Morgan fingerprint density at radius 2 is 2.04 bits per heavy atom. The maximum atomic E-state index is 13.1. The highest BCUT2D eigenvalue weighted by atomic mass is 35.5. The maximum absolute atomic E-state index is 13.1. The van der Waals surface area contributed by atoms with Crippen molar-refractivity contribution in [3.8, 4) is 5.69 Å². The van der Waals surface area contributed by atoms with Crippen molar-refractivity contribution in [2.24, 2.45) is 0 Å². The Hall–Kier alpha value is -2.31. The highest BCUT2D eigenvalue weighted by molar-refractivity contribution is 8.00. The number of halogens is 2. The summed E-state index contributed by atoms with van der Waals surface area (Å²) in [5.74, 6) is -0.681. The zero-order valence-electron chi connectivity index (χ0n) is 15.2. The van der Waals surface area contributed by atoms with Gasteiger partial charge in [-0.15, -0.1) is 0 Å². The summed E-state index contributed by atoms with van der Waals surface area (Å²) in [4.78, 5) is 16.9. The first-order chi connectivity index (χ1) is 12.8. The lowest BCUT2D eigenvalue weighted by Gasteiger charge is -2.15. The molecule has 4 nitrogen and oxygen atoms in total. The topological polar surface area (TPSA) is 46.9 Å². The minimum atomic E-state index is -0.448. The summed E-state index contributed by atoms with van der Waals surface area (Å²) in [6, 6.07) is 10.1. The standard InChI is InChI=1S/C20H19ClFN3OS/c1-12-4-7-18(13(2)10-12)25-9-8-23-20(25)27-14(3)19(26)24-17-6-5-15(22)11-16(17)21/h4-11,14H,1-3H3,(H,24,26). The zero-order valence-corrected chi connectivity index (χ0v) is 16.7. The predicted octanol–water partition coefficient (Wildman–Crippen LogP) is 5.40. The van der Waals surface area contributed by atoms with Gasteiger partial charge in [-0.1, -0.05) is 41.1 Å². The van der Waals surface area contributed by atoms with E-state index >= 15 is 0 Å². The number of anilines is 1. The molecular weight excluding hydrogens is 385 g/mol. The maximum Gasteiger partial charge on any atom is 0.237 e. The van der Waals surface area contributed by atoms with Gasteiger partial charge in [-0.25, -0.2) is 9.37 Å². The first-order valence-corrected chi connectivity index (χ1v) is 9.64. The van der Waals surface area contributed by atoms with Gasteiger partial charge in [-0.2, -0.15) is 0 Å². The SMILES string of the molecule is Cc1ccc(-n2ccnc2SC(C)C(=O)Nc2ccc(F)cc2Cl)c(C)c1. The van der Waals surface area contributed by atoms with Crippen molar-refractivity contribution in [2.45, 2.75) is 31.2 Å². The molecule has 0 radical (unpaired) electrons. The van der Waals surface area contributed by atoms with Gasteiger partial charge >= 0.3 is 0 Å². The number of benzene rings is 2. The van der Waals surface area contributed by atoms with E-state index in [1.165, 1.54) is 35.5 Å². The van der Waals surface area contributed by atoms with E-state index in [1.807, 2.05) is 36.7 Å². The van der Waals surface area contributed by atoms with Crippen molar-refractivity contribution in [1.29, 1.82) is 0 Å². The van der Waals surface area contributed by atoms with Gasteiger partial charge in [0.25, 0.3) is 0 Å². The van der Waals surface area contributed by atoms with Crippen molar-refractivity contribution >= 4 is 35.0 Å². The number of amides is 1. The second-order valence-corrected chi connectivity index (χ2v) is 7.96. The van der Waals surface area contributed by atoms with Crippen LogP contribution in [0, 0.1) is 19.7 Å². The van der Waals surface area contributed by atoms with E-state index in [9.17, 15) is 9.18 Å². The summed E-state index contributed by atoms with van der Waals surface area (Å²) in [6.45, 7) is 5.88. The fraction of sp³-hybridized carbons (Fsp3) is 0.200. The summed E-state index contributed by atoms with van der Waals surface area (Å²) < 4.78 is 15.1. The molecule has 0 fully saturated rings. The summed E-state index contributed by atoms with van der Waals surface area (Å²) in [5, 5.41) is 3.20. The van der Waals surface area contributed by atoms with Crippen LogP contribution in [0.25, 0.3) is 5.69 Å². The van der Waals surface area contributed by atoms with Crippen LogP contribution in [0.2, 0.25) is 5.02 Å². The number of thioether (sulfide) groups is 1. The third-order valence-corrected chi connectivity index (χ3v) is 5.45. The van der Waals surface area contributed by atoms with Gasteiger partial charge in [-0.05, 0) is 50.6 Å². The van der Waals surface area contributed by atoms with Gasteiger partial charge < -0.3 is 5.32 Å². The van der Waals surface area contributed by atoms with Gasteiger partial charge in [-0.3, -0.25) is 9.36 Å². The normalized spacial score (nSPS) is 12.0. The second kappa shape index (κ2) is 8.15. The molecule has 1 N–H and O–H groups in total. The number of nitrogens with zero attached hydrogens (tertiary/aromatic N) is 2. The Kier molecular flexibility index (Phi) is 5.87. The summed E-state index contributed by atoms with van der Waals surface area (Å²) in [5.41, 5.74) is 3.72. The Morgan fingerprint density at radius 1 is 1.26 bits per heavy atom. The number of hydrogen-bond donors (Lipinski definition) is 1. The fourth-order valence-electron chi connectivity index (χ4n) is 2.67. The van der Waals surface area contributed by atoms with Crippen LogP contribution in [0.5, 0.6) is 0 Å². The molecule has 2 aromatic carbocycles. The monoisotopic (exact) mass is 403 g/mol. The minimum Gasteiger partial charge on any atom is -0.324 e. The van der Waals surface area contributed by atoms with E-state index in [0.717, 1.165) is 16.4 Å². The summed E-state index contributed by atoms with van der Waals surface area (Å²) >= 11 is 7.32. The molecule has 1 heterocycles. The number of rotatable bonds is 5. The van der Waals surface area contributed by atoms with Gasteiger partial charge in [0.1, 0.15) is 5.82 Å². The molecule has 0 aliphatic carbocycles. The first kappa shape index (κ1) is 19.5. The number of hydrogen-bond acceptors (Lipinski definition) is 3. The lowest BCUT2D eigenvalue weighted by molar-refractivity contribution is -0.115. The molecule has 1 unspecified atom stereocenters. The smallest absolute Gasteiger partial charge is 0.237 e. The number of imidazole rings is 1. The second-order valence-electron chi connectivity index (χ2n) is 6.24. The molecule has 1 amide bonds. The van der Waals surface area contributed by atoms with Gasteiger partial charge in [0.15, 0.2) is 5.16 Å². The van der Waals surface area contributed by atoms with Crippen LogP contribution >= 0.6 is 23.4 Å². The van der Waals surface area contributed by atoms with E-state index in [1.54, 1.807) is 13.1 Å². The summed E-state index contributed by atoms with van der Waals surface area (Å²) in [6.07, 6.45) is 3.59. The van der Waals surface area contributed by atoms with Crippen LogP contribution < -0.4 is 5.32 Å². The lowest BCUT2D eigenvalue weighted by Crippen LogP contribution is -2.23. The number of carbonyl (C=O) groups excluding carboxylic acids is 1. The molecule has 0 aliphatic rings. The Balaban J connectivity index is 1.76. The van der Waals surface area contributed by atoms with E-state index in [2.05, 4.69) is 16.4 Å². The third kappa shape index (κ3) is 4.51. The number of nitrogens with one attached hydrogen (secondary N) is 1. The molecule has 0 saturated carbocycles. The molecule has 1 atom stereocenters. The third-order valence-electron chi connectivity index (χ3n) is 4.06. The van der Waals surface area contributed by atoms with Crippen LogP contribution in [-0.4, -0.2) is 20.7 Å². The van der Waals surface area contributed by atoms with Crippen LogP contribution in [0.4, 0.5) is 10.1 Å². The van der Waals surface area contributed by atoms with Crippen LogP contribution in [-0.2, 0) is 4.79 Å². The van der Waals surface area contributed by atoms with Crippen molar-refractivity contribution in [1.82, 2.24) is 9.55 Å². The molecular formula is C20H19ClFN3OS. The Labute approximate surface area is 166 Å². The highest BCUT2D eigenvalue weighted by Crippen LogP contribution is 2.28. The number of carbonyl (C=O) groups is 1. The Bertz CT molecular complexity index is 989. The van der Waals surface area contributed by atoms with Crippen LogP contribution in [0.1, 0.15) is 18.1 Å².